The van der Waals surface area contributed by atoms with Crippen LogP contribution < -0.4 is 10.6 Å². The predicted octanol–water partition coefficient (Wildman–Crippen LogP) is 2.94. The minimum Gasteiger partial charge on any atom is -0.358 e. The van der Waals surface area contributed by atoms with E-state index < -0.39 is 0 Å². The van der Waals surface area contributed by atoms with E-state index in [9.17, 15) is 4.79 Å². The Morgan fingerprint density at radius 1 is 1.27 bits per heavy atom. The number of halogens is 1. The zero-order valence-electron chi connectivity index (χ0n) is 11.6. The Kier molecular flexibility index (Phi) is 6.06. The van der Waals surface area contributed by atoms with E-state index in [0.29, 0.717) is 11.6 Å². The normalized spacial score (nSPS) is 10.4. The van der Waals surface area contributed by atoms with E-state index in [0.717, 1.165) is 11.1 Å². The van der Waals surface area contributed by atoms with Crippen molar-refractivity contribution in [2.24, 2.45) is 0 Å². The van der Waals surface area contributed by atoms with E-state index in [1.807, 2.05) is 30.3 Å². The number of benzene rings is 1. The summed E-state index contributed by atoms with van der Waals surface area (Å²) in [5.41, 5.74) is 1.75. The molecule has 1 aromatic carbocycles. The molecule has 0 saturated heterocycles. The van der Waals surface area contributed by atoms with Crippen LogP contribution in [-0.4, -0.2) is 16.0 Å². The topological polar surface area (TPSA) is 54.0 Å². The van der Waals surface area contributed by atoms with E-state index in [2.05, 4.69) is 15.6 Å². The number of hydrogen-bond acceptors (Lipinski definition) is 3. The molecule has 1 aromatic heterocycles. The smallest absolute Gasteiger partial charge is 0.250 e. The monoisotopic (exact) mass is 331 g/mol. The molecule has 112 valence electrons. The Balaban J connectivity index is 1.81. The van der Waals surface area contributed by atoms with Crippen LogP contribution in [0.3, 0.4) is 0 Å². The van der Waals surface area contributed by atoms with Crippen molar-refractivity contribution in [1.82, 2.24) is 15.6 Å². The maximum atomic E-state index is 11.8. The molecular formula is C16H14ClN3OS. The minimum atomic E-state index is -0.316. The molecular weight excluding hydrogens is 318 g/mol. The quantitative estimate of drug-likeness (QED) is 0.668. The molecule has 2 rings (SSSR count). The fourth-order valence-electron chi connectivity index (χ4n) is 1.66. The number of amides is 1. The van der Waals surface area contributed by atoms with Crippen LogP contribution in [0.25, 0.3) is 6.08 Å². The van der Waals surface area contributed by atoms with Crippen molar-refractivity contribution < 1.29 is 4.79 Å². The second-order valence-corrected chi connectivity index (χ2v) is 5.20. The van der Waals surface area contributed by atoms with Crippen molar-refractivity contribution in [2.75, 3.05) is 0 Å². The van der Waals surface area contributed by atoms with Gasteiger partial charge in [0.2, 0.25) is 5.91 Å². The van der Waals surface area contributed by atoms with Gasteiger partial charge in [-0.2, -0.15) is 0 Å². The number of rotatable bonds is 4. The molecule has 0 bridgehead atoms. The molecule has 0 radical (unpaired) electrons. The predicted molar refractivity (Wildman–Crippen MR) is 92.3 cm³/mol. The number of thiocarbonyl (C=S) groups is 1. The summed E-state index contributed by atoms with van der Waals surface area (Å²) < 4.78 is 0. The van der Waals surface area contributed by atoms with Gasteiger partial charge < -0.3 is 5.32 Å². The van der Waals surface area contributed by atoms with E-state index in [-0.39, 0.29) is 11.0 Å². The Morgan fingerprint density at radius 3 is 2.82 bits per heavy atom. The average Bonchev–Trinajstić information content (AvgIpc) is 2.53. The molecule has 0 aliphatic rings. The molecule has 0 aliphatic heterocycles. The van der Waals surface area contributed by atoms with Crippen molar-refractivity contribution in [3.05, 3.63) is 71.0 Å². The molecule has 0 spiro atoms. The summed E-state index contributed by atoms with van der Waals surface area (Å²) >= 11 is 11.1. The number of nitrogens with zero attached hydrogens (tertiary/aromatic N) is 1. The first-order valence-corrected chi connectivity index (χ1v) is 7.34. The molecule has 1 heterocycles. The Bertz CT molecular complexity index is 689. The Hall–Kier alpha value is -2.24. The van der Waals surface area contributed by atoms with Gasteiger partial charge in [-0.15, -0.1) is 0 Å². The average molecular weight is 332 g/mol. The molecule has 0 saturated carbocycles. The summed E-state index contributed by atoms with van der Waals surface area (Å²) in [6, 6.07) is 11.0. The first-order chi connectivity index (χ1) is 10.6. The summed E-state index contributed by atoms with van der Waals surface area (Å²) in [4.78, 5) is 15.8. The lowest BCUT2D eigenvalue weighted by Crippen LogP contribution is -2.37. The highest BCUT2D eigenvalue weighted by Crippen LogP contribution is 2.15. The highest BCUT2D eigenvalue weighted by Gasteiger charge is 2.01. The third-order valence-electron chi connectivity index (χ3n) is 2.73. The Morgan fingerprint density at radius 2 is 2.09 bits per heavy atom. The van der Waals surface area contributed by atoms with Crippen LogP contribution in [-0.2, 0) is 11.3 Å². The summed E-state index contributed by atoms with van der Waals surface area (Å²) in [5.74, 6) is -0.316. The van der Waals surface area contributed by atoms with Crippen LogP contribution in [0.15, 0.2) is 54.9 Å². The highest BCUT2D eigenvalue weighted by atomic mass is 35.5. The van der Waals surface area contributed by atoms with Crippen LogP contribution >= 0.6 is 23.8 Å². The maximum Gasteiger partial charge on any atom is 0.250 e. The van der Waals surface area contributed by atoms with Gasteiger partial charge in [-0.05, 0) is 41.6 Å². The summed E-state index contributed by atoms with van der Waals surface area (Å²) in [5, 5.41) is 6.36. The fraction of sp³-hybridized carbons (Fsp3) is 0.0625. The van der Waals surface area contributed by atoms with Crippen molar-refractivity contribution in [3.63, 3.8) is 0 Å². The largest absolute Gasteiger partial charge is 0.358 e. The van der Waals surface area contributed by atoms with Crippen LogP contribution in [0.1, 0.15) is 11.1 Å². The van der Waals surface area contributed by atoms with Crippen LogP contribution in [0, 0.1) is 0 Å². The number of carbonyl (C=O) groups excluding carboxylic acids is 1. The third kappa shape index (κ3) is 5.27. The second-order valence-electron chi connectivity index (χ2n) is 4.39. The number of pyridine rings is 1. The molecule has 0 aliphatic carbocycles. The van der Waals surface area contributed by atoms with Gasteiger partial charge in [0.15, 0.2) is 5.11 Å². The zero-order chi connectivity index (χ0) is 15.8. The maximum absolute atomic E-state index is 11.8. The van der Waals surface area contributed by atoms with Gasteiger partial charge in [0.25, 0.3) is 0 Å². The van der Waals surface area contributed by atoms with E-state index in [1.54, 1.807) is 24.5 Å². The van der Waals surface area contributed by atoms with Gasteiger partial charge in [0.05, 0.1) is 0 Å². The second kappa shape index (κ2) is 8.26. The van der Waals surface area contributed by atoms with Crippen LogP contribution in [0.4, 0.5) is 0 Å². The molecule has 0 unspecified atom stereocenters. The van der Waals surface area contributed by atoms with Crippen molar-refractivity contribution >= 4 is 40.9 Å². The molecule has 6 heteroatoms. The van der Waals surface area contributed by atoms with Crippen molar-refractivity contribution in [2.45, 2.75) is 6.54 Å². The van der Waals surface area contributed by atoms with E-state index in [1.165, 1.54) is 6.08 Å². The van der Waals surface area contributed by atoms with Gasteiger partial charge >= 0.3 is 0 Å². The molecule has 2 aromatic rings. The van der Waals surface area contributed by atoms with Crippen LogP contribution in [0.2, 0.25) is 5.02 Å². The number of nitrogens with one attached hydrogen (secondary N) is 2. The molecule has 0 fully saturated rings. The molecule has 1 amide bonds. The van der Waals surface area contributed by atoms with Gasteiger partial charge in [-0.25, -0.2) is 0 Å². The fourth-order valence-corrected chi connectivity index (χ4v) is 2.03. The van der Waals surface area contributed by atoms with E-state index in [4.69, 9.17) is 23.8 Å². The summed E-state index contributed by atoms with van der Waals surface area (Å²) in [7, 11) is 0. The van der Waals surface area contributed by atoms with Gasteiger partial charge in [0, 0.05) is 30.0 Å². The Labute approximate surface area is 139 Å². The van der Waals surface area contributed by atoms with Crippen molar-refractivity contribution in [3.8, 4) is 0 Å². The van der Waals surface area contributed by atoms with Gasteiger partial charge in [-0.1, -0.05) is 35.9 Å². The SMILES string of the molecule is O=C(/C=C/c1ccccc1Cl)NC(=S)NCc1cccnc1. The highest BCUT2D eigenvalue weighted by molar-refractivity contribution is 7.80. The minimum absolute atomic E-state index is 0.262. The summed E-state index contributed by atoms with van der Waals surface area (Å²) in [6.45, 7) is 0.501. The molecule has 22 heavy (non-hydrogen) atoms. The number of carbonyl (C=O) groups is 1. The van der Waals surface area contributed by atoms with Gasteiger partial charge in [-0.3, -0.25) is 15.1 Å². The van der Waals surface area contributed by atoms with Gasteiger partial charge in [0.1, 0.15) is 0 Å². The first kappa shape index (κ1) is 16.1. The van der Waals surface area contributed by atoms with Crippen molar-refractivity contribution in [1.29, 1.82) is 0 Å². The number of aromatic nitrogens is 1. The molecule has 4 nitrogen and oxygen atoms in total. The first-order valence-electron chi connectivity index (χ1n) is 6.55. The summed E-state index contributed by atoms with van der Waals surface area (Å²) in [6.07, 6.45) is 6.46. The number of hydrogen-bond donors (Lipinski definition) is 2. The standard InChI is InChI=1S/C16H14ClN3OS/c17-14-6-2-1-5-13(14)7-8-15(21)20-16(22)19-11-12-4-3-9-18-10-12/h1-10H,11H2,(H2,19,20,21,22)/b8-7+. The zero-order valence-corrected chi connectivity index (χ0v) is 13.2. The third-order valence-corrected chi connectivity index (χ3v) is 3.32. The lowest BCUT2D eigenvalue weighted by Gasteiger charge is -2.07. The van der Waals surface area contributed by atoms with Crippen LogP contribution in [0.5, 0.6) is 0 Å². The molecule has 2 N–H and O–H groups in total. The molecule has 0 atom stereocenters. The van der Waals surface area contributed by atoms with E-state index >= 15 is 0 Å². The lowest BCUT2D eigenvalue weighted by atomic mass is 10.2. The lowest BCUT2D eigenvalue weighted by molar-refractivity contribution is -0.115.